The van der Waals surface area contributed by atoms with Crippen molar-refractivity contribution in [3.05, 3.63) is 0 Å². The van der Waals surface area contributed by atoms with Gasteiger partial charge in [-0.15, -0.1) is 0 Å². The lowest BCUT2D eigenvalue weighted by molar-refractivity contribution is -0.122. The van der Waals surface area contributed by atoms with E-state index in [2.05, 4.69) is 28.2 Å². The number of rotatable bonds is 23. The molecule has 0 fully saturated rings. The lowest BCUT2D eigenvalue weighted by Crippen LogP contribution is -2.55. The molecule has 0 aromatic rings. The first-order valence-corrected chi connectivity index (χ1v) is 13.6. The molecule has 0 bridgehead atoms. The molecule has 0 unspecified atom stereocenters. The topological polar surface area (TPSA) is 127 Å². The smallest absolute Gasteiger partial charge is 0.222 e. The Morgan fingerprint density at radius 1 is 0.611 bits per heavy atom. The molecule has 0 aliphatic rings. The maximum atomic E-state index is 11.9. The molecule has 0 saturated heterocycles. The third-order valence-electron chi connectivity index (χ3n) is 5.08. The Balaban J connectivity index is 0. The van der Waals surface area contributed by atoms with E-state index >= 15 is 0 Å². The van der Waals surface area contributed by atoms with Gasteiger partial charge in [-0.1, -0.05) is 41.0 Å². The van der Waals surface area contributed by atoms with Gasteiger partial charge in [0, 0.05) is 38.9 Å². The van der Waals surface area contributed by atoms with Crippen LogP contribution in [-0.4, -0.2) is 89.6 Å². The predicted molar refractivity (Wildman–Crippen MR) is 144 cm³/mol. The van der Waals surface area contributed by atoms with Gasteiger partial charge < -0.3 is 35.5 Å². The average Bonchev–Trinajstić information content (AvgIpc) is 2.89. The van der Waals surface area contributed by atoms with Crippen molar-refractivity contribution in [1.82, 2.24) is 21.3 Å². The van der Waals surface area contributed by atoms with Crippen LogP contribution in [0.15, 0.2) is 0 Å². The summed E-state index contributed by atoms with van der Waals surface area (Å²) in [4.78, 5) is 35.4. The highest BCUT2D eigenvalue weighted by molar-refractivity contribution is 5.76. The van der Waals surface area contributed by atoms with E-state index in [-0.39, 0.29) is 76.6 Å². The number of carbonyl (C=O) groups excluding carboxylic acids is 3. The molecule has 0 radical (unpaired) electrons. The van der Waals surface area contributed by atoms with Crippen molar-refractivity contribution in [2.24, 2.45) is 0 Å². The fraction of sp³-hybridized carbons (Fsp3) is 0.885. The Kier molecular flexibility index (Phi) is 26.6. The number of unbranched alkanes of at least 4 members (excludes halogenated alkanes) is 1. The zero-order valence-corrected chi connectivity index (χ0v) is 23.8. The molecule has 0 spiro atoms. The predicted octanol–water partition coefficient (Wildman–Crippen LogP) is 2.16. The standard InChI is InChI=1S/C24H48N4O6.C2H6/c1-5-8-14-28-23(31)11-17-34-20-24(25-4,18-32-15-9-21(29)26-12-6-2)19-33-16-10-22(30)27-13-7-3;1-2/h25H,5-20H2,1-4H3,(H,26,29)(H,27,30)(H,28,31);1-2H3. The monoisotopic (exact) mass is 518 g/mol. The van der Waals surface area contributed by atoms with Crippen molar-refractivity contribution in [1.29, 1.82) is 0 Å². The maximum absolute atomic E-state index is 11.9. The second kappa shape index (κ2) is 26.3. The lowest BCUT2D eigenvalue weighted by atomic mass is 10.0. The first kappa shape index (κ1) is 36.4. The van der Waals surface area contributed by atoms with Crippen LogP contribution in [0.3, 0.4) is 0 Å². The van der Waals surface area contributed by atoms with Crippen molar-refractivity contribution in [3.8, 4) is 0 Å². The molecule has 0 saturated carbocycles. The fourth-order valence-corrected chi connectivity index (χ4v) is 2.84. The first-order valence-electron chi connectivity index (χ1n) is 13.6. The van der Waals surface area contributed by atoms with Crippen LogP contribution in [0.4, 0.5) is 0 Å². The summed E-state index contributed by atoms with van der Waals surface area (Å²) in [5.41, 5.74) is -0.668. The molecule has 0 aliphatic carbocycles. The van der Waals surface area contributed by atoms with Gasteiger partial charge in [0.25, 0.3) is 0 Å². The minimum Gasteiger partial charge on any atom is -0.379 e. The number of ether oxygens (including phenoxy) is 3. The number of nitrogens with one attached hydrogen (secondary N) is 4. The molecule has 36 heavy (non-hydrogen) atoms. The highest BCUT2D eigenvalue weighted by atomic mass is 16.5. The summed E-state index contributed by atoms with van der Waals surface area (Å²) in [5, 5.41) is 11.7. The van der Waals surface area contributed by atoms with Gasteiger partial charge in [-0.05, 0) is 26.3 Å². The summed E-state index contributed by atoms with van der Waals surface area (Å²) in [5.74, 6) is -0.125. The van der Waals surface area contributed by atoms with Gasteiger partial charge in [-0.25, -0.2) is 0 Å². The first-order chi connectivity index (χ1) is 17.4. The van der Waals surface area contributed by atoms with Crippen molar-refractivity contribution < 1.29 is 28.6 Å². The van der Waals surface area contributed by atoms with Crippen LogP contribution in [-0.2, 0) is 28.6 Å². The number of hydrogen-bond acceptors (Lipinski definition) is 7. The molecule has 10 heteroatoms. The third kappa shape index (κ3) is 21.5. The Bertz CT molecular complexity index is 521. The highest BCUT2D eigenvalue weighted by Crippen LogP contribution is 2.09. The van der Waals surface area contributed by atoms with Crippen LogP contribution < -0.4 is 21.3 Å². The van der Waals surface area contributed by atoms with E-state index < -0.39 is 5.54 Å². The third-order valence-corrected chi connectivity index (χ3v) is 5.08. The molecule has 0 heterocycles. The number of hydrogen-bond donors (Lipinski definition) is 4. The van der Waals surface area contributed by atoms with Crippen molar-refractivity contribution in [2.45, 2.75) is 85.1 Å². The van der Waals surface area contributed by atoms with Gasteiger partial charge in [0.1, 0.15) is 0 Å². The molecule has 214 valence electrons. The summed E-state index contributed by atoms with van der Waals surface area (Å²) < 4.78 is 17.3. The van der Waals surface area contributed by atoms with Crippen LogP contribution >= 0.6 is 0 Å². The van der Waals surface area contributed by atoms with Gasteiger partial charge in [0.15, 0.2) is 0 Å². The van der Waals surface area contributed by atoms with Gasteiger partial charge in [-0.2, -0.15) is 0 Å². The number of amides is 3. The van der Waals surface area contributed by atoms with Crippen LogP contribution in [0.2, 0.25) is 0 Å². The molecule has 0 rings (SSSR count). The van der Waals surface area contributed by atoms with E-state index in [0.29, 0.717) is 19.6 Å². The summed E-state index contributed by atoms with van der Waals surface area (Å²) in [7, 11) is 1.79. The van der Waals surface area contributed by atoms with E-state index in [1.807, 2.05) is 27.7 Å². The number of likely N-dealkylation sites (N-methyl/N-ethyl adjacent to an activating group) is 1. The SMILES string of the molecule is CC.CCCCNC(=O)CCOCC(COCCC(=O)NCCC)(COCCC(=O)NCCC)NC. The molecule has 0 aromatic heterocycles. The summed E-state index contributed by atoms with van der Waals surface area (Å²) in [6.07, 6.45) is 4.59. The zero-order valence-electron chi connectivity index (χ0n) is 23.8. The van der Waals surface area contributed by atoms with E-state index in [1.165, 1.54) is 0 Å². The number of carbonyl (C=O) groups is 3. The largest absolute Gasteiger partial charge is 0.379 e. The van der Waals surface area contributed by atoms with E-state index in [1.54, 1.807) is 7.05 Å². The fourth-order valence-electron chi connectivity index (χ4n) is 2.84. The van der Waals surface area contributed by atoms with Gasteiger partial charge >= 0.3 is 0 Å². The van der Waals surface area contributed by atoms with Gasteiger partial charge in [-0.3, -0.25) is 14.4 Å². The zero-order chi connectivity index (χ0) is 27.5. The molecule has 3 amide bonds. The quantitative estimate of drug-likeness (QED) is 0.153. The summed E-state index contributed by atoms with van der Waals surface area (Å²) in [6, 6.07) is 0. The molecule has 10 nitrogen and oxygen atoms in total. The lowest BCUT2D eigenvalue weighted by Gasteiger charge is -2.33. The summed E-state index contributed by atoms with van der Waals surface area (Å²) in [6.45, 7) is 13.7. The second-order valence-electron chi connectivity index (χ2n) is 8.34. The van der Waals surface area contributed by atoms with Crippen LogP contribution in [0.5, 0.6) is 0 Å². The van der Waals surface area contributed by atoms with Crippen LogP contribution in [0.25, 0.3) is 0 Å². The minimum absolute atomic E-state index is 0.0350. The second-order valence-corrected chi connectivity index (χ2v) is 8.34. The van der Waals surface area contributed by atoms with E-state index in [4.69, 9.17) is 14.2 Å². The molecule has 4 N–H and O–H groups in total. The van der Waals surface area contributed by atoms with E-state index in [0.717, 1.165) is 25.7 Å². The van der Waals surface area contributed by atoms with E-state index in [9.17, 15) is 14.4 Å². The highest BCUT2D eigenvalue weighted by Gasteiger charge is 2.30. The van der Waals surface area contributed by atoms with Crippen LogP contribution in [0.1, 0.15) is 79.6 Å². The van der Waals surface area contributed by atoms with Crippen molar-refractivity contribution in [3.63, 3.8) is 0 Å². The Morgan fingerprint density at radius 3 is 1.28 bits per heavy atom. The average molecular weight is 519 g/mol. The van der Waals surface area contributed by atoms with Crippen molar-refractivity contribution >= 4 is 17.7 Å². The van der Waals surface area contributed by atoms with Crippen molar-refractivity contribution in [2.75, 3.05) is 66.3 Å². The van der Waals surface area contributed by atoms with Gasteiger partial charge in [0.2, 0.25) is 17.7 Å². The Morgan fingerprint density at radius 2 is 0.972 bits per heavy atom. The minimum atomic E-state index is -0.668. The Labute approximate surface area is 219 Å². The van der Waals surface area contributed by atoms with Gasteiger partial charge in [0.05, 0.1) is 45.2 Å². The molecule has 0 atom stereocenters. The maximum Gasteiger partial charge on any atom is 0.222 e. The summed E-state index contributed by atoms with van der Waals surface area (Å²) >= 11 is 0. The normalized spacial score (nSPS) is 10.8. The van der Waals surface area contributed by atoms with Crippen LogP contribution in [0, 0.1) is 0 Å². The molecule has 0 aromatic carbocycles. The molecular weight excluding hydrogens is 464 g/mol. The Hall–Kier alpha value is -1.75. The molecule has 0 aliphatic heterocycles. The molecular formula is C26H54N4O6.